The zero-order valence-corrected chi connectivity index (χ0v) is 18.9. The number of esters is 1. The molecule has 0 aliphatic rings. The van der Waals surface area contributed by atoms with Crippen LogP contribution in [0.3, 0.4) is 0 Å². The van der Waals surface area contributed by atoms with Crippen LogP contribution < -0.4 is 0 Å². The third-order valence-corrected chi connectivity index (χ3v) is 6.96. The molecule has 2 aromatic heterocycles. The second-order valence-electron chi connectivity index (χ2n) is 7.58. The summed E-state index contributed by atoms with van der Waals surface area (Å²) in [5.41, 5.74) is 2.46. The van der Waals surface area contributed by atoms with Gasteiger partial charge in [0.2, 0.25) is 10.0 Å². The minimum absolute atomic E-state index is 0.0176. The van der Waals surface area contributed by atoms with Gasteiger partial charge >= 0.3 is 5.97 Å². The Labute approximate surface area is 185 Å². The van der Waals surface area contributed by atoms with Crippen molar-refractivity contribution in [1.82, 2.24) is 19.0 Å². The number of carbonyl (C=O) groups is 1. The summed E-state index contributed by atoms with van der Waals surface area (Å²) in [6, 6.07) is 12.2. The lowest BCUT2D eigenvalue weighted by Crippen LogP contribution is -2.22. The molecule has 0 spiro atoms. The molecule has 4 rings (SSSR count). The van der Waals surface area contributed by atoms with Crippen LogP contribution in [-0.2, 0) is 39.1 Å². The molecular formula is C22H24N4O5S. The van der Waals surface area contributed by atoms with E-state index in [1.54, 1.807) is 24.3 Å². The van der Waals surface area contributed by atoms with Gasteiger partial charge in [0.05, 0.1) is 22.3 Å². The fraction of sp³-hybridized carbons (Fsp3) is 0.318. The zero-order chi connectivity index (χ0) is 22.9. The minimum atomic E-state index is -3.57. The maximum absolute atomic E-state index is 12.5. The summed E-state index contributed by atoms with van der Waals surface area (Å²) in [6.45, 7) is 2.67. The quantitative estimate of drug-likeness (QED) is 0.375. The Balaban J connectivity index is 1.56. The van der Waals surface area contributed by atoms with Crippen LogP contribution in [0.1, 0.15) is 24.9 Å². The fourth-order valence-electron chi connectivity index (χ4n) is 3.51. The average molecular weight is 457 g/mol. The topological polar surface area (TPSA) is 108 Å². The molecule has 2 aromatic carbocycles. The number of hydrogen-bond donors (Lipinski definition) is 0. The highest BCUT2D eigenvalue weighted by molar-refractivity contribution is 7.89. The van der Waals surface area contributed by atoms with Gasteiger partial charge in [0.15, 0.2) is 5.58 Å². The number of aryl methyl sites for hydroxylation is 1. The van der Waals surface area contributed by atoms with Crippen LogP contribution in [0, 0.1) is 0 Å². The summed E-state index contributed by atoms with van der Waals surface area (Å²) < 4.78 is 38.7. The van der Waals surface area contributed by atoms with Crippen molar-refractivity contribution in [3.63, 3.8) is 0 Å². The van der Waals surface area contributed by atoms with Gasteiger partial charge in [-0.25, -0.2) is 17.7 Å². The first kappa shape index (κ1) is 22.0. The van der Waals surface area contributed by atoms with E-state index < -0.39 is 16.0 Å². The van der Waals surface area contributed by atoms with E-state index in [1.807, 2.05) is 29.7 Å². The van der Waals surface area contributed by atoms with Crippen molar-refractivity contribution < 1.29 is 22.5 Å². The van der Waals surface area contributed by atoms with Gasteiger partial charge < -0.3 is 13.8 Å². The highest BCUT2D eigenvalue weighted by atomic mass is 32.2. The van der Waals surface area contributed by atoms with Crippen molar-refractivity contribution in [1.29, 1.82) is 0 Å². The van der Waals surface area contributed by atoms with E-state index in [-0.39, 0.29) is 17.9 Å². The van der Waals surface area contributed by atoms with E-state index in [9.17, 15) is 13.2 Å². The molecule has 0 saturated heterocycles. The molecule has 0 saturated carbocycles. The first-order valence-corrected chi connectivity index (χ1v) is 11.7. The summed E-state index contributed by atoms with van der Waals surface area (Å²) in [5.74, 6) is 0.106. The van der Waals surface area contributed by atoms with Gasteiger partial charge in [-0.2, -0.15) is 0 Å². The van der Waals surface area contributed by atoms with Crippen LogP contribution in [-0.4, -0.2) is 47.5 Å². The lowest BCUT2D eigenvalue weighted by atomic mass is 10.2. The Morgan fingerprint density at radius 1 is 1.19 bits per heavy atom. The number of benzene rings is 2. The lowest BCUT2D eigenvalue weighted by Gasteiger charge is -2.11. The largest absolute Gasteiger partial charge is 0.457 e. The second kappa shape index (κ2) is 8.71. The maximum atomic E-state index is 12.5. The number of sulfonamides is 1. The number of para-hydroxylation sites is 1. The summed E-state index contributed by atoms with van der Waals surface area (Å²) in [6.07, 6.45) is 0.825. The Morgan fingerprint density at radius 2 is 1.97 bits per heavy atom. The number of fused-ring (bicyclic) bond motifs is 2. The van der Waals surface area contributed by atoms with Crippen molar-refractivity contribution in [2.24, 2.45) is 0 Å². The van der Waals surface area contributed by atoms with Gasteiger partial charge in [0, 0.05) is 26.0 Å². The molecule has 10 heteroatoms. The maximum Gasteiger partial charge on any atom is 0.312 e. The number of carbonyl (C=O) groups excluding carboxylic acids is 1. The van der Waals surface area contributed by atoms with Gasteiger partial charge in [0.25, 0.3) is 0 Å². The van der Waals surface area contributed by atoms with Crippen molar-refractivity contribution in [3.8, 4) is 0 Å². The fourth-order valence-corrected chi connectivity index (χ4v) is 4.43. The van der Waals surface area contributed by atoms with E-state index in [1.165, 1.54) is 14.1 Å². The minimum Gasteiger partial charge on any atom is -0.457 e. The lowest BCUT2D eigenvalue weighted by molar-refractivity contribution is -0.144. The molecule has 0 fully saturated rings. The predicted molar refractivity (Wildman–Crippen MR) is 118 cm³/mol. The molecule has 0 bridgehead atoms. The van der Waals surface area contributed by atoms with Crippen LogP contribution in [0.4, 0.5) is 0 Å². The highest BCUT2D eigenvalue weighted by Gasteiger charge is 2.20. The number of aromatic nitrogens is 3. The van der Waals surface area contributed by atoms with Crippen LogP contribution in [0.5, 0.6) is 0 Å². The molecule has 0 radical (unpaired) electrons. The first-order chi connectivity index (χ1) is 15.3. The van der Waals surface area contributed by atoms with E-state index in [0.29, 0.717) is 29.2 Å². The first-order valence-electron chi connectivity index (χ1n) is 10.2. The van der Waals surface area contributed by atoms with Crippen LogP contribution in [0.25, 0.3) is 22.0 Å². The van der Waals surface area contributed by atoms with Crippen molar-refractivity contribution in [2.45, 2.75) is 37.8 Å². The van der Waals surface area contributed by atoms with Crippen LogP contribution in [0.2, 0.25) is 0 Å². The summed E-state index contributed by atoms with van der Waals surface area (Å²) >= 11 is 0. The monoisotopic (exact) mass is 456 g/mol. The van der Waals surface area contributed by atoms with Crippen LogP contribution in [0.15, 0.2) is 51.9 Å². The van der Waals surface area contributed by atoms with E-state index in [2.05, 4.69) is 10.1 Å². The van der Waals surface area contributed by atoms with Crippen molar-refractivity contribution >= 4 is 38.0 Å². The number of hydrogen-bond acceptors (Lipinski definition) is 7. The van der Waals surface area contributed by atoms with Gasteiger partial charge in [-0.15, -0.1) is 0 Å². The van der Waals surface area contributed by atoms with Gasteiger partial charge in [0.1, 0.15) is 18.1 Å². The molecule has 9 nitrogen and oxygen atoms in total. The third kappa shape index (κ3) is 4.11. The third-order valence-electron chi connectivity index (χ3n) is 5.15. The molecule has 4 aromatic rings. The molecular weight excluding hydrogens is 432 g/mol. The molecule has 168 valence electrons. The molecule has 0 aliphatic carbocycles. The van der Waals surface area contributed by atoms with E-state index >= 15 is 0 Å². The Kier molecular flexibility index (Phi) is 5.98. The Bertz CT molecular complexity index is 1390. The Morgan fingerprint density at radius 3 is 2.72 bits per heavy atom. The standard InChI is InChI=1S/C22H24N4O5S/c1-4-11-26-19-10-9-15(32(28,29)25(2)3)12-18(19)23-21(26)14-30-22(27)13-17-16-7-5-6-8-20(16)31-24-17/h5-10,12H,4,11,13-14H2,1-3H3. The number of rotatable bonds is 8. The van der Waals surface area contributed by atoms with Crippen molar-refractivity contribution in [3.05, 3.63) is 54.0 Å². The highest BCUT2D eigenvalue weighted by Crippen LogP contribution is 2.23. The number of ether oxygens (including phenoxy) is 1. The predicted octanol–water partition coefficient (Wildman–Crippen LogP) is 3.12. The summed E-state index contributed by atoms with van der Waals surface area (Å²) in [4.78, 5) is 17.2. The molecule has 0 N–H and O–H groups in total. The number of nitrogens with zero attached hydrogens (tertiary/aromatic N) is 4. The van der Waals surface area contributed by atoms with Gasteiger partial charge in [-0.1, -0.05) is 24.2 Å². The Hall–Kier alpha value is -3.24. The second-order valence-corrected chi connectivity index (χ2v) is 9.73. The van der Waals surface area contributed by atoms with E-state index in [0.717, 1.165) is 21.6 Å². The molecule has 0 atom stereocenters. The summed E-state index contributed by atoms with van der Waals surface area (Å²) in [7, 11) is -0.606. The summed E-state index contributed by atoms with van der Waals surface area (Å²) in [5, 5.41) is 4.74. The van der Waals surface area contributed by atoms with Gasteiger partial charge in [-0.3, -0.25) is 4.79 Å². The zero-order valence-electron chi connectivity index (χ0n) is 18.1. The molecule has 32 heavy (non-hydrogen) atoms. The molecule has 2 heterocycles. The SMILES string of the molecule is CCCn1c(COC(=O)Cc2noc3ccccc23)nc2cc(S(=O)(=O)N(C)C)ccc21. The molecule has 0 aliphatic heterocycles. The normalized spacial score (nSPS) is 12.1. The number of imidazole rings is 1. The van der Waals surface area contributed by atoms with Crippen molar-refractivity contribution in [2.75, 3.05) is 14.1 Å². The molecule has 0 amide bonds. The van der Waals surface area contributed by atoms with Crippen LogP contribution >= 0.6 is 0 Å². The molecule has 0 unspecified atom stereocenters. The van der Waals surface area contributed by atoms with E-state index in [4.69, 9.17) is 9.26 Å². The average Bonchev–Trinajstić information content (AvgIpc) is 3.33. The van der Waals surface area contributed by atoms with Gasteiger partial charge in [-0.05, 0) is 36.8 Å². The smallest absolute Gasteiger partial charge is 0.312 e.